The first-order valence-electron chi connectivity index (χ1n) is 14.7. The Morgan fingerprint density at radius 3 is 2.38 bits per heavy atom. The number of fused-ring (bicyclic) bond motifs is 2. The second kappa shape index (κ2) is 12.4. The molecular formula is C32H33F2N7O3S. The molecule has 2 fully saturated rings. The van der Waals surface area contributed by atoms with E-state index in [9.17, 15) is 23.2 Å². The number of rotatable bonds is 8. The fourth-order valence-corrected chi connectivity index (χ4v) is 6.85. The molecule has 45 heavy (non-hydrogen) atoms. The number of urea groups is 1. The summed E-state index contributed by atoms with van der Waals surface area (Å²) in [7, 11) is 0. The Kier molecular flexibility index (Phi) is 8.38. The molecule has 0 unspecified atom stereocenters. The Balaban J connectivity index is 1.31. The third-order valence-electron chi connectivity index (χ3n) is 8.12. The fourth-order valence-electron chi connectivity index (χ4n) is 6.07. The summed E-state index contributed by atoms with van der Waals surface area (Å²) in [5, 5.41) is 6.53. The quantitative estimate of drug-likeness (QED) is 0.302. The molecule has 1 aromatic heterocycles. The van der Waals surface area contributed by atoms with E-state index < -0.39 is 24.1 Å². The van der Waals surface area contributed by atoms with Crippen LogP contribution in [0.3, 0.4) is 0 Å². The predicted molar refractivity (Wildman–Crippen MR) is 166 cm³/mol. The van der Waals surface area contributed by atoms with E-state index in [0.29, 0.717) is 16.2 Å². The van der Waals surface area contributed by atoms with Crippen LogP contribution in [-0.4, -0.2) is 74.0 Å². The lowest BCUT2D eigenvalue weighted by Crippen LogP contribution is -2.66. The van der Waals surface area contributed by atoms with Crippen LogP contribution in [0.5, 0.6) is 0 Å². The number of aromatic nitrogens is 1. The number of para-hydroxylation sites is 1. The molecule has 13 heteroatoms. The molecule has 4 aromatic rings. The highest BCUT2D eigenvalue weighted by Crippen LogP contribution is 2.33. The summed E-state index contributed by atoms with van der Waals surface area (Å²) in [6, 6.07) is 15.8. The number of nitrogens with zero attached hydrogens (tertiary/aromatic N) is 5. The number of halogens is 2. The van der Waals surface area contributed by atoms with Gasteiger partial charge in [-0.1, -0.05) is 47.7 Å². The normalized spacial score (nSPS) is 18.6. The number of hydrogen-bond donors (Lipinski definition) is 2. The van der Waals surface area contributed by atoms with Crippen LogP contribution >= 0.6 is 11.3 Å². The summed E-state index contributed by atoms with van der Waals surface area (Å²) < 4.78 is 28.0. The standard InChI is InChI=1S/C32H33F2N7O3S/c1-19(2)41(32(44)36-15-21-8-12-24(34)13-9-21)39-18-28(42)40-25(14-20-6-10-23(33)11-7-20)30(43)38(17-27(39)40)16-22-4-3-5-26-29(22)37-31(35)45-26/h3-13,19,25,27H,14-18H2,1-2H3,(H2,35,37)(H,36,44)/t25-,27+/m0/s1. The minimum absolute atomic E-state index is 0.105. The largest absolute Gasteiger partial charge is 0.375 e. The van der Waals surface area contributed by atoms with Crippen LogP contribution in [0.15, 0.2) is 66.7 Å². The highest BCUT2D eigenvalue weighted by molar-refractivity contribution is 7.22. The molecule has 0 bridgehead atoms. The van der Waals surface area contributed by atoms with Gasteiger partial charge in [-0.15, -0.1) is 0 Å². The van der Waals surface area contributed by atoms with Gasteiger partial charge in [-0.25, -0.2) is 18.6 Å². The average molecular weight is 634 g/mol. The summed E-state index contributed by atoms with van der Waals surface area (Å²) in [5.74, 6) is -1.30. The van der Waals surface area contributed by atoms with Crippen molar-refractivity contribution in [2.45, 2.75) is 51.6 Å². The molecule has 234 valence electrons. The van der Waals surface area contributed by atoms with E-state index in [1.807, 2.05) is 32.0 Å². The van der Waals surface area contributed by atoms with Gasteiger partial charge in [0.15, 0.2) is 5.13 Å². The molecule has 0 saturated carbocycles. The average Bonchev–Trinajstić information content (AvgIpc) is 3.54. The lowest BCUT2D eigenvalue weighted by Gasteiger charge is -2.47. The molecule has 3 heterocycles. The Labute approximate surface area is 263 Å². The first kappa shape index (κ1) is 30.4. The molecule has 0 spiro atoms. The summed E-state index contributed by atoms with van der Waals surface area (Å²) in [6.07, 6.45) is -0.461. The number of nitrogen functional groups attached to an aromatic ring is 1. The zero-order chi connectivity index (χ0) is 31.8. The van der Waals surface area contributed by atoms with Crippen LogP contribution in [0.2, 0.25) is 0 Å². The molecular weight excluding hydrogens is 600 g/mol. The van der Waals surface area contributed by atoms with Crippen LogP contribution in [0.25, 0.3) is 10.2 Å². The second-order valence-corrected chi connectivity index (χ2v) is 12.5. The van der Waals surface area contributed by atoms with Gasteiger partial charge in [0.25, 0.3) is 0 Å². The monoisotopic (exact) mass is 633 g/mol. The van der Waals surface area contributed by atoms with Crippen molar-refractivity contribution >= 4 is 44.5 Å². The molecule has 2 saturated heterocycles. The van der Waals surface area contributed by atoms with Crippen molar-refractivity contribution in [2.24, 2.45) is 0 Å². The Morgan fingerprint density at radius 1 is 1.04 bits per heavy atom. The highest BCUT2D eigenvalue weighted by atomic mass is 32.1. The molecule has 6 rings (SSSR count). The third kappa shape index (κ3) is 6.18. The molecule has 2 aliphatic heterocycles. The van der Waals surface area contributed by atoms with Crippen molar-refractivity contribution < 1.29 is 23.2 Å². The van der Waals surface area contributed by atoms with E-state index in [1.54, 1.807) is 39.1 Å². The number of carbonyl (C=O) groups excluding carboxylic acids is 3. The van der Waals surface area contributed by atoms with Gasteiger partial charge in [0, 0.05) is 25.6 Å². The van der Waals surface area contributed by atoms with Crippen molar-refractivity contribution in [2.75, 3.05) is 18.8 Å². The number of hydrazine groups is 1. The minimum Gasteiger partial charge on any atom is -0.375 e. The van der Waals surface area contributed by atoms with Crippen molar-refractivity contribution in [3.05, 3.63) is 95.1 Å². The van der Waals surface area contributed by atoms with Crippen molar-refractivity contribution in [1.82, 2.24) is 30.1 Å². The molecule has 10 nitrogen and oxygen atoms in total. The molecule has 0 radical (unpaired) electrons. The van der Waals surface area contributed by atoms with E-state index in [0.717, 1.165) is 15.8 Å². The van der Waals surface area contributed by atoms with Crippen molar-refractivity contribution in [1.29, 1.82) is 0 Å². The molecule has 3 aromatic carbocycles. The molecule has 3 N–H and O–H groups in total. The number of hydrogen-bond acceptors (Lipinski definition) is 7. The van der Waals surface area contributed by atoms with Crippen LogP contribution < -0.4 is 11.1 Å². The molecule has 2 aliphatic rings. The van der Waals surface area contributed by atoms with Gasteiger partial charge in [-0.05, 0) is 60.9 Å². The maximum atomic E-state index is 14.1. The fraction of sp³-hybridized carbons (Fsp3) is 0.312. The number of nitrogens with two attached hydrogens (primary N) is 1. The number of anilines is 1. The smallest absolute Gasteiger partial charge is 0.332 e. The first-order valence-corrected chi connectivity index (χ1v) is 15.5. The third-order valence-corrected chi connectivity index (χ3v) is 8.97. The van der Waals surface area contributed by atoms with Gasteiger partial charge >= 0.3 is 6.03 Å². The lowest BCUT2D eigenvalue weighted by molar-refractivity contribution is -0.158. The van der Waals surface area contributed by atoms with Crippen LogP contribution in [0.1, 0.15) is 30.5 Å². The van der Waals surface area contributed by atoms with Gasteiger partial charge in [0.2, 0.25) is 11.8 Å². The Morgan fingerprint density at radius 2 is 1.71 bits per heavy atom. The topological polar surface area (TPSA) is 115 Å². The van der Waals surface area contributed by atoms with Gasteiger partial charge in [0.05, 0.1) is 23.3 Å². The van der Waals surface area contributed by atoms with Crippen LogP contribution in [0, 0.1) is 11.6 Å². The van der Waals surface area contributed by atoms with E-state index in [-0.39, 0.29) is 56.3 Å². The number of thiazole rings is 1. The van der Waals surface area contributed by atoms with Gasteiger partial charge < -0.3 is 20.9 Å². The molecule has 2 atom stereocenters. The number of benzene rings is 3. The number of nitrogens with one attached hydrogen (secondary N) is 1. The Hall–Kier alpha value is -4.62. The number of carbonyl (C=O) groups is 3. The van der Waals surface area contributed by atoms with E-state index in [4.69, 9.17) is 5.73 Å². The van der Waals surface area contributed by atoms with E-state index in [1.165, 1.54) is 40.6 Å². The highest BCUT2D eigenvalue weighted by Gasteiger charge is 2.52. The number of piperazine rings is 1. The molecule has 4 amide bonds. The summed E-state index contributed by atoms with van der Waals surface area (Å²) in [6.45, 7) is 4.13. The van der Waals surface area contributed by atoms with Gasteiger partial charge in [0.1, 0.15) is 23.8 Å². The maximum Gasteiger partial charge on any atom is 0.332 e. The summed E-state index contributed by atoms with van der Waals surface area (Å²) >= 11 is 1.36. The van der Waals surface area contributed by atoms with Gasteiger partial charge in [-0.2, -0.15) is 5.01 Å². The zero-order valence-corrected chi connectivity index (χ0v) is 25.6. The van der Waals surface area contributed by atoms with Crippen molar-refractivity contribution in [3.63, 3.8) is 0 Å². The Bertz CT molecular complexity index is 1730. The first-order chi connectivity index (χ1) is 21.6. The van der Waals surface area contributed by atoms with E-state index >= 15 is 0 Å². The second-order valence-electron chi connectivity index (χ2n) is 11.5. The maximum absolute atomic E-state index is 14.1. The lowest BCUT2D eigenvalue weighted by atomic mass is 10.00. The molecule has 0 aliphatic carbocycles. The predicted octanol–water partition coefficient (Wildman–Crippen LogP) is 4.12. The van der Waals surface area contributed by atoms with E-state index in [2.05, 4.69) is 10.3 Å². The minimum atomic E-state index is -0.872. The van der Waals surface area contributed by atoms with Crippen LogP contribution in [-0.2, 0) is 29.1 Å². The summed E-state index contributed by atoms with van der Waals surface area (Å²) in [4.78, 5) is 49.2. The zero-order valence-electron chi connectivity index (χ0n) is 24.8. The SMILES string of the molecule is CC(C)N(C(=O)NCc1ccc(F)cc1)N1CC(=O)N2[C@@H](Cc3ccc(F)cc3)C(=O)N(Cc3cccc4sc(N)nc34)C[C@@H]21. The number of amides is 4. The van der Waals surface area contributed by atoms with Crippen LogP contribution in [0.4, 0.5) is 18.7 Å². The van der Waals surface area contributed by atoms with Crippen molar-refractivity contribution in [3.8, 4) is 0 Å². The summed E-state index contributed by atoms with van der Waals surface area (Å²) in [5.41, 5.74) is 8.95. The van der Waals surface area contributed by atoms with Gasteiger partial charge in [-0.3, -0.25) is 14.6 Å².